The second-order valence-corrected chi connectivity index (χ2v) is 3.94. The van der Waals surface area contributed by atoms with E-state index in [-0.39, 0.29) is 12.6 Å². The van der Waals surface area contributed by atoms with Crippen LogP contribution in [0.4, 0.5) is 4.39 Å². The van der Waals surface area contributed by atoms with E-state index in [4.69, 9.17) is 9.26 Å². The van der Waals surface area contributed by atoms with Gasteiger partial charge in [0.25, 0.3) is 0 Å². The molecule has 0 radical (unpaired) electrons. The maximum Gasteiger partial charge on any atom is 0.141 e. The Kier molecular flexibility index (Phi) is 3.02. The number of alkyl halides is 1. The summed E-state index contributed by atoms with van der Waals surface area (Å²) >= 11 is 0. The lowest BCUT2D eigenvalue weighted by Crippen LogP contribution is -2.38. The average Bonchev–Trinajstić information content (AvgIpc) is 2.76. The summed E-state index contributed by atoms with van der Waals surface area (Å²) in [5, 5.41) is 3.69. The maximum absolute atomic E-state index is 13.4. The molecular formula is C10H15FN2O2. The van der Waals surface area contributed by atoms with Crippen LogP contribution in [0.1, 0.15) is 11.3 Å². The third-order valence-electron chi connectivity index (χ3n) is 2.82. The second-order valence-electron chi connectivity index (χ2n) is 3.94. The summed E-state index contributed by atoms with van der Waals surface area (Å²) in [5.74, 6) is 0.788. The Bertz CT molecular complexity index is 329. The molecule has 0 saturated carbocycles. The predicted octanol–water partition coefficient (Wildman–Crippen LogP) is 1.15. The van der Waals surface area contributed by atoms with E-state index in [0.717, 1.165) is 11.3 Å². The van der Waals surface area contributed by atoms with Crippen LogP contribution in [0, 0.1) is 6.92 Å². The lowest BCUT2D eigenvalue weighted by molar-refractivity contribution is 0.153. The molecule has 0 aliphatic carbocycles. The fourth-order valence-electron chi connectivity index (χ4n) is 1.78. The topological polar surface area (TPSA) is 38.5 Å². The number of halogens is 1. The van der Waals surface area contributed by atoms with E-state index in [0.29, 0.717) is 13.2 Å². The highest BCUT2D eigenvalue weighted by Crippen LogP contribution is 2.18. The molecule has 0 spiro atoms. The first-order valence-electron chi connectivity index (χ1n) is 5.00. The van der Waals surface area contributed by atoms with Gasteiger partial charge in [-0.15, -0.1) is 0 Å². The van der Waals surface area contributed by atoms with Crippen LogP contribution in [-0.4, -0.2) is 42.5 Å². The maximum atomic E-state index is 13.4. The number of aromatic nitrogens is 1. The van der Waals surface area contributed by atoms with E-state index in [1.807, 2.05) is 18.9 Å². The van der Waals surface area contributed by atoms with Gasteiger partial charge in [0.05, 0.1) is 25.5 Å². The number of likely N-dealkylation sites (N-methyl/N-ethyl adjacent to an activating group) is 1. The molecule has 15 heavy (non-hydrogen) atoms. The van der Waals surface area contributed by atoms with E-state index in [2.05, 4.69) is 5.16 Å². The quantitative estimate of drug-likeness (QED) is 0.756. The highest BCUT2D eigenvalue weighted by Gasteiger charge is 2.31. The number of rotatable bonds is 3. The summed E-state index contributed by atoms with van der Waals surface area (Å²) in [5.41, 5.74) is 0.997. The van der Waals surface area contributed by atoms with Crippen molar-refractivity contribution in [2.45, 2.75) is 25.7 Å². The molecule has 1 aromatic heterocycles. The molecular weight excluding hydrogens is 199 g/mol. The van der Waals surface area contributed by atoms with E-state index < -0.39 is 6.17 Å². The van der Waals surface area contributed by atoms with Crippen LogP contribution in [0.25, 0.3) is 0 Å². The lowest BCUT2D eigenvalue weighted by atomic mass is 10.2. The molecule has 5 heteroatoms. The van der Waals surface area contributed by atoms with Crippen molar-refractivity contribution in [3.63, 3.8) is 0 Å². The second kappa shape index (κ2) is 4.28. The van der Waals surface area contributed by atoms with Gasteiger partial charge in [0.2, 0.25) is 0 Å². The molecule has 1 aliphatic heterocycles. The molecule has 2 rings (SSSR count). The Balaban J connectivity index is 1.97. The highest BCUT2D eigenvalue weighted by molar-refractivity contribution is 5.11. The first kappa shape index (κ1) is 10.6. The van der Waals surface area contributed by atoms with Gasteiger partial charge in [-0.2, -0.15) is 0 Å². The molecule has 1 saturated heterocycles. The van der Waals surface area contributed by atoms with Crippen LogP contribution >= 0.6 is 0 Å². The Labute approximate surface area is 88.0 Å². The van der Waals surface area contributed by atoms with Gasteiger partial charge in [0, 0.05) is 12.1 Å². The molecule has 4 nitrogen and oxygen atoms in total. The van der Waals surface area contributed by atoms with Gasteiger partial charge >= 0.3 is 0 Å². The molecule has 0 amide bonds. The summed E-state index contributed by atoms with van der Waals surface area (Å²) in [6.45, 7) is 3.16. The molecule has 2 heterocycles. The van der Waals surface area contributed by atoms with Crippen LogP contribution in [0.2, 0.25) is 0 Å². The normalized spacial score (nSPS) is 26.4. The standard InChI is InChI=1S/C10H15FN2O2/c1-7-8(3-12-15-7)4-13(2)10-6-14-5-9(10)11/h3,9-10H,4-6H2,1-2H3. The first-order chi connectivity index (χ1) is 7.18. The van der Waals surface area contributed by atoms with Crippen molar-refractivity contribution in [2.75, 3.05) is 20.3 Å². The van der Waals surface area contributed by atoms with Crippen molar-refractivity contribution in [3.8, 4) is 0 Å². The van der Waals surface area contributed by atoms with Gasteiger partial charge < -0.3 is 9.26 Å². The van der Waals surface area contributed by atoms with Crippen molar-refractivity contribution in [3.05, 3.63) is 17.5 Å². The van der Waals surface area contributed by atoms with Gasteiger partial charge in [-0.3, -0.25) is 4.90 Å². The average molecular weight is 214 g/mol. The molecule has 1 aliphatic rings. The summed E-state index contributed by atoms with van der Waals surface area (Å²) in [7, 11) is 1.89. The van der Waals surface area contributed by atoms with E-state index >= 15 is 0 Å². The minimum Gasteiger partial charge on any atom is -0.377 e. The van der Waals surface area contributed by atoms with Crippen LogP contribution in [0.15, 0.2) is 10.7 Å². The summed E-state index contributed by atoms with van der Waals surface area (Å²) < 4.78 is 23.4. The van der Waals surface area contributed by atoms with Gasteiger partial charge in [-0.25, -0.2) is 4.39 Å². The Morgan fingerprint density at radius 2 is 2.40 bits per heavy atom. The zero-order chi connectivity index (χ0) is 10.8. The van der Waals surface area contributed by atoms with Crippen LogP contribution < -0.4 is 0 Å². The van der Waals surface area contributed by atoms with Crippen LogP contribution in [-0.2, 0) is 11.3 Å². The van der Waals surface area contributed by atoms with E-state index in [1.165, 1.54) is 0 Å². The summed E-state index contributed by atoms with van der Waals surface area (Å²) in [6, 6.07) is -0.153. The largest absolute Gasteiger partial charge is 0.377 e. The minimum atomic E-state index is -0.893. The number of ether oxygens (including phenoxy) is 1. The van der Waals surface area contributed by atoms with Crippen molar-refractivity contribution in [2.24, 2.45) is 0 Å². The molecule has 0 N–H and O–H groups in total. The molecule has 84 valence electrons. The van der Waals surface area contributed by atoms with Gasteiger partial charge in [0.1, 0.15) is 11.9 Å². The SMILES string of the molecule is Cc1oncc1CN(C)C1COCC1F. The minimum absolute atomic E-state index is 0.153. The number of nitrogens with zero attached hydrogens (tertiary/aromatic N) is 2. The van der Waals surface area contributed by atoms with Crippen molar-refractivity contribution >= 4 is 0 Å². The Morgan fingerprint density at radius 3 is 2.93 bits per heavy atom. The first-order valence-corrected chi connectivity index (χ1v) is 5.00. The Morgan fingerprint density at radius 1 is 1.60 bits per heavy atom. The lowest BCUT2D eigenvalue weighted by Gasteiger charge is -2.23. The smallest absolute Gasteiger partial charge is 0.141 e. The van der Waals surface area contributed by atoms with E-state index in [1.54, 1.807) is 6.20 Å². The highest BCUT2D eigenvalue weighted by atomic mass is 19.1. The summed E-state index contributed by atoms with van der Waals surface area (Å²) in [4.78, 5) is 1.94. The summed E-state index contributed by atoms with van der Waals surface area (Å²) in [6.07, 6.45) is 0.782. The number of aryl methyl sites for hydroxylation is 1. The van der Waals surface area contributed by atoms with Crippen molar-refractivity contribution in [1.29, 1.82) is 0 Å². The fourth-order valence-corrected chi connectivity index (χ4v) is 1.78. The van der Waals surface area contributed by atoms with Gasteiger partial charge in [-0.05, 0) is 14.0 Å². The monoisotopic (exact) mass is 214 g/mol. The third-order valence-corrected chi connectivity index (χ3v) is 2.82. The molecule has 0 bridgehead atoms. The van der Waals surface area contributed by atoms with Gasteiger partial charge in [-0.1, -0.05) is 5.16 Å². The molecule has 0 aromatic carbocycles. The van der Waals surface area contributed by atoms with Crippen LogP contribution in [0.5, 0.6) is 0 Å². The molecule has 2 unspecified atom stereocenters. The molecule has 1 fully saturated rings. The number of hydrogen-bond acceptors (Lipinski definition) is 4. The third kappa shape index (κ3) is 2.18. The number of hydrogen-bond donors (Lipinski definition) is 0. The zero-order valence-corrected chi connectivity index (χ0v) is 8.94. The molecule has 2 atom stereocenters. The predicted molar refractivity (Wildman–Crippen MR) is 52.2 cm³/mol. The van der Waals surface area contributed by atoms with Crippen molar-refractivity contribution < 1.29 is 13.7 Å². The van der Waals surface area contributed by atoms with E-state index in [9.17, 15) is 4.39 Å². The van der Waals surface area contributed by atoms with Crippen LogP contribution in [0.3, 0.4) is 0 Å². The van der Waals surface area contributed by atoms with Crippen molar-refractivity contribution in [1.82, 2.24) is 10.1 Å². The fraction of sp³-hybridized carbons (Fsp3) is 0.700. The molecule has 1 aromatic rings. The Hall–Kier alpha value is -0.940. The van der Waals surface area contributed by atoms with Gasteiger partial charge in [0.15, 0.2) is 0 Å². The zero-order valence-electron chi connectivity index (χ0n) is 8.94.